The van der Waals surface area contributed by atoms with Crippen LogP contribution in [-0.2, 0) is 17.6 Å². The molecule has 0 spiro atoms. The maximum Gasteiger partial charge on any atom is 0.159 e. The van der Waals surface area contributed by atoms with Crippen molar-refractivity contribution in [3.8, 4) is 0 Å². The van der Waals surface area contributed by atoms with E-state index in [1.165, 1.54) is 6.07 Å². The van der Waals surface area contributed by atoms with Gasteiger partial charge in [0.2, 0.25) is 0 Å². The van der Waals surface area contributed by atoms with Gasteiger partial charge in [0, 0.05) is 18.7 Å². The van der Waals surface area contributed by atoms with Gasteiger partial charge < -0.3 is 0 Å². The molecule has 0 aliphatic carbocycles. The van der Waals surface area contributed by atoms with Gasteiger partial charge in [-0.05, 0) is 37.1 Å². The van der Waals surface area contributed by atoms with Gasteiger partial charge in [-0.3, -0.25) is 9.48 Å². The molecular weight excluding hydrogens is 274 g/mol. The number of aromatic nitrogens is 2. The second-order valence-corrected chi connectivity index (χ2v) is 5.19. The van der Waals surface area contributed by atoms with Gasteiger partial charge in [-0.25, -0.2) is 8.78 Å². The lowest BCUT2D eigenvalue weighted by Gasteiger charge is -2.08. The monoisotopic (exact) mass is 292 g/mol. The van der Waals surface area contributed by atoms with Gasteiger partial charge in [0.05, 0.1) is 12.1 Å². The van der Waals surface area contributed by atoms with Crippen LogP contribution in [0.5, 0.6) is 0 Å². The van der Waals surface area contributed by atoms with E-state index in [0.29, 0.717) is 17.3 Å². The van der Waals surface area contributed by atoms with Crippen molar-refractivity contribution < 1.29 is 13.6 Å². The van der Waals surface area contributed by atoms with Crippen molar-refractivity contribution in [3.63, 3.8) is 0 Å². The molecule has 0 saturated carbocycles. The minimum atomic E-state index is -0.929. The Kier molecular flexibility index (Phi) is 4.83. The summed E-state index contributed by atoms with van der Waals surface area (Å²) in [7, 11) is 0. The number of hydrogen-bond acceptors (Lipinski definition) is 2. The Balaban J connectivity index is 1.98. The Morgan fingerprint density at radius 3 is 2.67 bits per heavy atom. The Morgan fingerprint density at radius 2 is 2.00 bits per heavy atom. The fourth-order valence-corrected chi connectivity index (χ4v) is 2.05. The maximum atomic E-state index is 13.1. The molecule has 3 nitrogen and oxygen atoms in total. The van der Waals surface area contributed by atoms with E-state index >= 15 is 0 Å². The highest BCUT2D eigenvalue weighted by atomic mass is 19.2. The predicted molar refractivity (Wildman–Crippen MR) is 76.0 cm³/mol. The van der Waals surface area contributed by atoms with E-state index in [1.54, 1.807) is 0 Å². The van der Waals surface area contributed by atoms with Gasteiger partial charge in [-0.15, -0.1) is 0 Å². The van der Waals surface area contributed by atoms with Crippen molar-refractivity contribution in [1.29, 1.82) is 0 Å². The van der Waals surface area contributed by atoms with Gasteiger partial charge in [-0.1, -0.05) is 13.0 Å². The second kappa shape index (κ2) is 6.61. The second-order valence-electron chi connectivity index (χ2n) is 5.19. The van der Waals surface area contributed by atoms with Gasteiger partial charge >= 0.3 is 0 Å². The van der Waals surface area contributed by atoms with E-state index in [9.17, 15) is 13.6 Å². The molecule has 0 radical (unpaired) electrons. The summed E-state index contributed by atoms with van der Waals surface area (Å²) in [6, 6.07) is 5.63. The Morgan fingerprint density at radius 1 is 1.24 bits per heavy atom. The number of carbonyl (C=O) groups is 1. The number of nitrogens with zero attached hydrogens (tertiary/aromatic N) is 2. The van der Waals surface area contributed by atoms with Crippen molar-refractivity contribution in [2.75, 3.05) is 0 Å². The molecule has 0 amide bonds. The third-order valence-corrected chi connectivity index (χ3v) is 3.47. The van der Waals surface area contributed by atoms with E-state index in [-0.39, 0.29) is 18.6 Å². The summed E-state index contributed by atoms with van der Waals surface area (Å²) in [5.41, 5.74) is 1.17. The highest BCUT2D eigenvalue weighted by molar-refractivity contribution is 5.82. The smallest absolute Gasteiger partial charge is 0.159 e. The number of halogens is 2. The molecule has 0 bridgehead atoms. The number of rotatable bonds is 6. The number of hydrogen-bond donors (Lipinski definition) is 0. The van der Waals surface area contributed by atoms with E-state index < -0.39 is 11.6 Å². The fraction of sp³-hybridized carbons (Fsp3) is 0.375. The number of ketones is 1. The Labute approximate surface area is 122 Å². The normalized spacial score (nSPS) is 12.4. The van der Waals surface area contributed by atoms with Crippen molar-refractivity contribution >= 4 is 5.78 Å². The highest BCUT2D eigenvalue weighted by Gasteiger charge is 2.11. The lowest BCUT2D eigenvalue weighted by atomic mass is 10.1. The molecular formula is C16H18F2N2O. The zero-order valence-electron chi connectivity index (χ0n) is 12.1. The minimum Gasteiger partial charge on any atom is -0.299 e. The van der Waals surface area contributed by atoms with Crippen LogP contribution in [-0.4, -0.2) is 15.6 Å². The number of carbonyl (C=O) groups excluding carboxylic acids is 1. The largest absolute Gasteiger partial charge is 0.299 e. The first kappa shape index (κ1) is 15.4. The lowest BCUT2D eigenvalue weighted by molar-refractivity contribution is -0.117. The fourth-order valence-electron chi connectivity index (χ4n) is 2.05. The van der Waals surface area contributed by atoms with Crippen LogP contribution in [0.15, 0.2) is 30.5 Å². The number of benzene rings is 1. The van der Waals surface area contributed by atoms with Crippen LogP contribution in [0.4, 0.5) is 8.78 Å². The van der Waals surface area contributed by atoms with Crippen molar-refractivity contribution in [2.45, 2.75) is 39.2 Å². The SMILES string of the molecule is CCC(C)n1ccc(CC(=O)Cc2ccc(F)c(F)c2)n1. The molecule has 1 unspecified atom stereocenters. The molecule has 1 aromatic heterocycles. The van der Waals surface area contributed by atoms with Crippen molar-refractivity contribution in [1.82, 2.24) is 9.78 Å². The quantitative estimate of drug-likeness (QED) is 0.817. The molecule has 112 valence electrons. The first-order valence-electron chi connectivity index (χ1n) is 6.99. The Hall–Kier alpha value is -2.04. The molecule has 5 heteroatoms. The summed E-state index contributed by atoms with van der Waals surface area (Å²) < 4.78 is 27.7. The average Bonchev–Trinajstić information content (AvgIpc) is 2.90. The molecule has 2 rings (SSSR count). The predicted octanol–water partition coefficient (Wildman–Crippen LogP) is 3.49. The summed E-state index contributed by atoms with van der Waals surface area (Å²) in [6.07, 6.45) is 3.09. The van der Waals surface area contributed by atoms with Crippen molar-refractivity contribution in [2.24, 2.45) is 0 Å². The molecule has 0 fully saturated rings. The van der Waals surface area contributed by atoms with Crippen LogP contribution in [0, 0.1) is 11.6 Å². The average molecular weight is 292 g/mol. The van der Waals surface area contributed by atoms with E-state index in [2.05, 4.69) is 18.9 Å². The van der Waals surface area contributed by atoms with Crippen LogP contribution in [0.1, 0.15) is 37.6 Å². The molecule has 1 heterocycles. The summed E-state index contributed by atoms with van der Waals surface area (Å²) in [5, 5.41) is 4.36. The van der Waals surface area contributed by atoms with Crippen LogP contribution in [0.25, 0.3) is 0 Å². The third kappa shape index (κ3) is 3.97. The summed E-state index contributed by atoms with van der Waals surface area (Å²) in [4.78, 5) is 12.0. The van der Waals surface area contributed by atoms with Crippen LogP contribution in [0.2, 0.25) is 0 Å². The topological polar surface area (TPSA) is 34.9 Å². The van der Waals surface area contributed by atoms with E-state index in [0.717, 1.165) is 18.6 Å². The minimum absolute atomic E-state index is 0.0737. The van der Waals surface area contributed by atoms with Crippen molar-refractivity contribution in [3.05, 3.63) is 53.4 Å². The molecule has 1 aromatic carbocycles. The van der Waals surface area contributed by atoms with E-state index in [4.69, 9.17) is 0 Å². The summed E-state index contributed by atoms with van der Waals surface area (Å²) >= 11 is 0. The molecule has 21 heavy (non-hydrogen) atoms. The van der Waals surface area contributed by atoms with Gasteiger partial charge in [0.15, 0.2) is 11.6 Å². The molecule has 0 saturated heterocycles. The third-order valence-electron chi connectivity index (χ3n) is 3.47. The van der Waals surface area contributed by atoms with Crippen LogP contribution in [0.3, 0.4) is 0 Å². The standard InChI is InChI=1S/C16H18F2N2O/c1-3-11(2)20-7-6-13(19-20)10-14(21)8-12-4-5-15(17)16(18)9-12/h4-7,9,11H,3,8,10H2,1-2H3. The summed E-state index contributed by atoms with van der Waals surface area (Å²) in [5.74, 6) is -1.91. The summed E-state index contributed by atoms with van der Waals surface area (Å²) in [6.45, 7) is 4.13. The molecule has 0 aliphatic rings. The molecule has 0 aliphatic heterocycles. The zero-order chi connectivity index (χ0) is 15.4. The first-order valence-corrected chi connectivity index (χ1v) is 6.99. The maximum absolute atomic E-state index is 13.1. The Bertz CT molecular complexity index is 637. The lowest BCUT2D eigenvalue weighted by Crippen LogP contribution is -2.09. The number of Topliss-reactive ketones (excluding diaryl/α,β-unsaturated/α-hetero) is 1. The van der Waals surface area contributed by atoms with Gasteiger partial charge in [0.1, 0.15) is 5.78 Å². The first-order chi connectivity index (χ1) is 9.99. The highest BCUT2D eigenvalue weighted by Crippen LogP contribution is 2.12. The van der Waals surface area contributed by atoms with Gasteiger partial charge in [0.25, 0.3) is 0 Å². The van der Waals surface area contributed by atoms with Crippen LogP contribution < -0.4 is 0 Å². The van der Waals surface area contributed by atoms with Gasteiger partial charge in [-0.2, -0.15) is 5.10 Å². The molecule has 1 atom stereocenters. The van der Waals surface area contributed by atoms with Crippen LogP contribution >= 0.6 is 0 Å². The molecule has 2 aromatic rings. The van der Waals surface area contributed by atoms with E-state index in [1.807, 2.05) is 16.9 Å². The zero-order valence-corrected chi connectivity index (χ0v) is 12.1. The molecule has 0 N–H and O–H groups in total.